The molecule has 116 valence electrons. The van der Waals surface area contributed by atoms with Crippen molar-refractivity contribution in [3.63, 3.8) is 0 Å². The molecule has 1 aliphatic heterocycles. The van der Waals surface area contributed by atoms with Crippen molar-refractivity contribution in [1.82, 2.24) is 9.55 Å². The molecule has 0 saturated heterocycles. The van der Waals surface area contributed by atoms with Crippen LogP contribution in [0, 0.1) is 0 Å². The van der Waals surface area contributed by atoms with E-state index in [1.165, 1.54) is 37.7 Å². The highest BCUT2D eigenvalue weighted by atomic mass is 32.2. The number of aliphatic hydroxyl groups is 1. The highest BCUT2D eigenvalue weighted by Crippen LogP contribution is 2.36. The van der Waals surface area contributed by atoms with Gasteiger partial charge >= 0.3 is 0 Å². The predicted octanol–water partition coefficient (Wildman–Crippen LogP) is 4.20. The Bertz CT molecular complexity index is 656. The molecule has 0 unspecified atom stereocenters. The van der Waals surface area contributed by atoms with Gasteiger partial charge in [-0.3, -0.25) is 0 Å². The Balaban J connectivity index is 1.63. The van der Waals surface area contributed by atoms with Crippen molar-refractivity contribution in [2.75, 3.05) is 5.75 Å². The minimum Gasteiger partial charge on any atom is -0.390 e. The van der Waals surface area contributed by atoms with Crippen LogP contribution in [0.1, 0.15) is 49.3 Å². The highest BCUT2D eigenvalue weighted by molar-refractivity contribution is 7.99. The first-order chi connectivity index (χ1) is 10.9. The first-order valence-corrected chi connectivity index (χ1v) is 9.29. The summed E-state index contributed by atoms with van der Waals surface area (Å²) in [5, 5.41) is 10.8. The number of hydrogen-bond acceptors (Lipinski definition) is 3. The summed E-state index contributed by atoms with van der Waals surface area (Å²) in [7, 11) is 0. The maximum atomic E-state index is 9.72. The van der Waals surface area contributed by atoms with Crippen molar-refractivity contribution in [3.8, 4) is 11.3 Å². The second kappa shape index (κ2) is 6.09. The van der Waals surface area contributed by atoms with Gasteiger partial charge in [0.2, 0.25) is 0 Å². The number of hydrogen-bond donors (Lipinski definition) is 1. The number of rotatable bonds is 3. The van der Waals surface area contributed by atoms with E-state index in [1.54, 1.807) is 11.8 Å². The average Bonchev–Trinajstić information content (AvgIpc) is 3.16. The molecule has 1 aromatic heterocycles. The van der Waals surface area contributed by atoms with Gasteiger partial charge in [0.25, 0.3) is 0 Å². The number of benzene rings is 1. The van der Waals surface area contributed by atoms with Gasteiger partial charge in [0.05, 0.1) is 18.0 Å². The van der Waals surface area contributed by atoms with E-state index in [0.717, 1.165) is 40.3 Å². The summed E-state index contributed by atoms with van der Waals surface area (Å²) in [5.41, 5.74) is 4.52. The van der Waals surface area contributed by atoms with Crippen molar-refractivity contribution < 1.29 is 5.11 Å². The molecular weight excluding hydrogens is 292 g/mol. The average molecular weight is 314 g/mol. The summed E-state index contributed by atoms with van der Waals surface area (Å²) in [4.78, 5) is 4.74. The summed E-state index contributed by atoms with van der Waals surface area (Å²) in [5.74, 6) is 1.80. The molecule has 0 atom stereocenters. The van der Waals surface area contributed by atoms with Gasteiger partial charge in [-0.2, -0.15) is 0 Å². The number of nitrogens with zero attached hydrogens (tertiary/aromatic N) is 2. The lowest BCUT2D eigenvalue weighted by atomic mass is 9.84. The van der Waals surface area contributed by atoms with Crippen molar-refractivity contribution >= 4 is 11.8 Å². The Labute approximate surface area is 135 Å². The van der Waals surface area contributed by atoms with Gasteiger partial charge in [-0.15, -0.1) is 0 Å². The van der Waals surface area contributed by atoms with Crippen LogP contribution in [0.15, 0.2) is 29.4 Å². The minimum atomic E-state index is 0.0628. The molecule has 0 amide bonds. The molecule has 22 heavy (non-hydrogen) atoms. The van der Waals surface area contributed by atoms with Crippen LogP contribution >= 0.6 is 11.8 Å². The molecule has 2 heterocycles. The van der Waals surface area contributed by atoms with E-state index in [2.05, 4.69) is 28.8 Å². The molecule has 3 nitrogen and oxygen atoms in total. The smallest absolute Gasteiger partial charge is 0.168 e. The lowest BCUT2D eigenvalue weighted by Gasteiger charge is -2.22. The van der Waals surface area contributed by atoms with Crippen LogP contribution in [0.5, 0.6) is 0 Å². The summed E-state index contributed by atoms with van der Waals surface area (Å²) in [6.45, 7) is 1.02. The van der Waals surface area contributed by atoms with Crippen LogP contribution in [0.25, 0.3) is 11.3 Å². The molecule has 2 aliphatic rings. The van der Waals surface area contributed by atoms with Crippen molar-refractivity contribution in [3.05, 3.63) is 35.5 Å². The predicted molar refractivity (Wildman–Crippen MR) is 90.1 cm³/mol. The fourth-order valence-corrected chi connectivity index (χ4v) is 4.74. The SMILES string of the molecule is OCc1c(-c2ccc(C3CCCCC3)cc2)nc2n1CCS2. The molecule has 1 saturated carbocycles. The van der Waals surface area contributed by atoms with E-state index in [0.29, 0.717) is 0 Å². The topological polar surface area (TPSA) is 38.1 Å². The molecule has 0 bridgehead atoms. The second-order valence-electron chi connectivity index (χ2n) is 6.30. The maximum absolute atomic E-state index is 9.72. The molecule has 0 spiro atoms. The van der Waals surface area contributed by atoms with E-state index in [-0.39, 0.29) is 6.61 Å². The summed E-state index contributed by atoms with van der Waals surface area (Å²) >= 11 is 1.78. The first kappa shape index (κ1) is 14.3. The Kier molecular flexibility index (Phi) is 3.97. The van der Waals surface area contributed by atoms with Crippen LogP contribution in [-0.4, -0.2) is 20.4 Å². The second-order valence-corrected chi connectivity index (χ2v) is 7.37. The lowest BCUT2D eigenvalue weighted by Crippen LogP contribution is -2.04. The molecule has 1 aliphatic carbocycles. The van der Waals surface area contributed by atoms with Gasteiger partial charge in [0.15, 0.2) is 5.16 Å². The Morgan fingerprint density at radius 3 is 2.64 bits per heavy atom. The van der Waals surface area contributed by atoms with Crippen LogP contribution in [0.2, 0.25) is 0 Å². The van der Waals surface area contributed by atoms with E-state index < -0.39 is 0 Å². The minimum absolute atomic E-state index is 0.0628. The zero-order chi connectivity index (χ0) is 14.9. The molecule has 4 rings (SSSR count). The van der Waals surface area contributed by atoms with Gasteiger partial charge in [-0.1, -0.05) is 55.3 Å². The standard InChI is InChI=1S/C18H22N2OS/c21-12-16-17(19-18-20(16)10-11-22-18)15-8-6-14(7-9-15)13-4-2-1-3-5-13/h6-9,13,21H,1-5,10-12H2. The third-order valence-corrected chi connectivity index (χ3v) is 5.95. The van der Waals surface area contributed by atoms with Gasteiger partial charge in [0.1, 0.15) is 0 Å². The van der Waals surface area contributed by atoms with Gasteiger partial charge < -0.3 is 9.67 Å². The maximum Gasteiger partial charge on any atom is 0.168 e. The summed E-state index contributed by atoms with van der Waals surface area (Å²) < 4.78 is 2.16. The third kappa shape index (κ3) is 2.48. The number of fused-ring (bicyclic) bond motifs is 1. The van der Waals surface area contributed by atoms with Crippen LogP contribution in [0.4, 0.5) is 0 Å². The number of aliphatic hydroxyl groups excluding tert-OH is 1. The van der Waals surface area contributed by atoms with E-state index in [9.17, 15) is 5.11 Å². The fourth-order valence-electron chi connectivity index (χ4n) is 3.77. The van der Waals surface area contributed by atoms with Crippen molar-refractivity contribution in [2.45, 2.75) is 56.3 Å². The Morgan fingerprint density at radius 1 is 1.14 bits per heavy atom. The lowest BCUT2D eigenvalue weighted by molar-refractivity contribution is 0.271. The van der Waals surface area contributed by atoms with E-state index in [4.69, 9.17) is 4.98 Å². The summed E-state index contributed by atoms with van der Waals surface area (Å²) in [6, 6.07) is 8.91. The normalized spacial score (nSPS) is 18.6. The van der Waals surface area contributed by atoms with Crippen LogP contribution < -0.4 is 0 Å². The van der Waals surface area contributed by atoms with Crippen LogP contribution in [-0.2, 0) is 13.2 Å². The Morgan fingerprint density at radius 2 is 1.91 bits per heavy atom. The molecule has 1 N–H and O–H groups in total. The molecule has 4 heteroatoms. The van der Waals surface area contributed by atoms with E-state index >= 15 is 0 Å². The highest BCUT2D eigenvalue weighted by Gasteiger charge is 2.22. The van der Waals surface area contributed by atoms with Crippen molar-refractivity contribution in [2.24, 2.45) is 0 Å². The molecule has 1 aromatic carbocycles. The van der Waals surface area contributed by atoms with Gasteiger partial charge in [-0.25, -0.2) is 4.98 Å². The zero-order valence-electron chi connectivity index (χ0n) is 12.8. The zero-order valence-corrected chi connectivity index (χ0v) is 13.6. The number of imidazole rings is 1. The monoisotopic (exact) mass is 314 g/mol. The molecule has 2 aromatic rings. The first-order valence-electron chi connectivity index (χ1n) is 8.30. The number of aromatic nitrogens is 2. The largest absolute Gasteiger partial charge is 0.390 e. The Hall–Kier alpha value is -1.26. The molecule has 1 fully saturated rings. The third-order valence-electron chi connectivity index (χ3n) is 4.99. The fraction of sp³-hybridized carbons (Fsp3) is 0.500. The van der Waals surface area contributed by atoms with Gasteiger partial charge in [-0.05, 0) is 24.3 Å². The van der Waals surface area contributed by atoms with Gasteiger partial charge in [0, 0.05) is 17.9 Å². The van der Waals surface area contributed by atoms with Crippen molar-refractivity contribution in [1.29, 1.82) is 0 Å². The molecule has 0 radical (unpaired) electrons. The molecular formula is C18H22N2OS. The quantitative estimate of drug-likeness (QED) is 0.923. The van der Waals surface area contributed by atoms with Crippen LogP contribution in [0.3, 0.4) is 0 Å². The van der Waals surface area contributed by atoms with E-state index in [1.807, 2.05) is 0 Å². The summed E-state index contributed by atoms with van der Waals surface area (Å²) in [6.07, 6.45) is 6.79. The number of thioether (sulfide) groups is 1.